The fraction of sp³-hybridized carbons (Fsp3) is 0.468. The Bertz CT molecular complexity index is 2350. The Kier molecular flexibility index (Phi) is 13.2. The molecule has 3 aromatic heterocycles. The molecule has 14 nitrogen and oxygen atoms in total. The van der Waals surface area contributed by atoms with Gasteiger partial charge in [-0.05, 0) is 98.9 Å². The molecule has 1 aliphatic heterocycles. The number of nitrogens with zero attached hydrogens (tertiary/aromatic N) is 1. The Balaban J connectivity index is 0.000000185. The van der Waals surface area contributed by atoms with E-state index in [9.17, 15) is 19.2 Å². The van der Waals surface area contributed by atoms with Crippen LogP contribution < -0.4 is 32.3 Å². The maximum absolute atomic E-state index is 12.9. The van der Waals surface area contributed by atoms with Gasteiger partial charge in [0.1, 0.15) is 23.6 Å². The van der Waals surface area contributed by atoms with Crippen molar-refractivity contribution in [2.24, 2.45) is 17.8 Å². The summed E-state index contributed by atoms with van der Waals surface area (Å²) in [6.45, 7) is 6.72. The molecule has 2 aliphatic carbocycles. The molecule has 2 fully saturated rings. The molecule has 2 aromatic carbocycles. The number of furan rings is 2. The maximum Gasteiger partial charge on any atom is 0.287 e. The lowest BCUT2D eigenvalue weighted by atomic mass is 9.72. The summed E-state index contributed by atoms with van der Waals surface area (Å²) in [5.41, 5.74) is 11.4. The summed E-state index contributed by atoms with van der Waals surface area (Å²) in [6, 6.07) is 17.6. The molecule has 2 unspecified atom stereocenters. The summed E-state index contributed by atoms with van der Waals surface area (Å²) in [4.78, 5) is 57.6. The SMILES string of the molecule is CCC(C)C1(C)Nc2cc(-c3ccc(C(=O)N[C@H](C(=O)NC)C4CCCCC4)o3)ccc21.CNC(=O)[C@@H](NC(=O)c1ccc(-c2ccc3nc(N)[nH]c3c2)o1)C1CCCCC1. The Hall–Kier alpha value is -6.05. The highest BCUT2D eigenvalue weighted by molar-refractivity contribution is 5.97. The number of nitrogens with one attached hydrogen (secondary N) is 6. The Morgan fingerprint density at radius 3 is 1.75 bits per heavy atom. The highest BCUT2D eigenvalue weighted by Gasteiger charge is 2.42. The number of likely N-dealkylation sites (N-methyl/N-ethyl adjacent to an activating group) is 2. The summed E-state index contributed by atoms with van der Waals surface area (Å²) < 4.78 is 11.7. The zero-order chi connectivity index (χ0) is 43.3. The predicted molar refractivity (Wildman–Crippen MR) is 237 cm³/mol. The Morgan fingerprint density at radius 2 is 1.26 bits per heavy atom. The third kappa shape index (κ3) is 9.33. The van der Waals surface area contributed by atoms with E-state index >= 15 is 0 Å². The van der Waals surface area contributed by atoms with Crippen LogP contribution in [0.1, 0.15) is 118 Å². The first kappa shape index (κ1) is 43.1. The lowest BCUT2D eigenvalue weighted by Crippen LogP contribution is -2.50. The molecule has 5 aromatic rings. The first-order valence-corrected chi connectivity index (χ1v) is 21.9. The summed E-state index contributed by atoms with van der Waals surface area (Å²) in [5, 5.41) is 14.8. The van der Waals surface area contributed by atoms with E-state index in [2.05, 4.69) is 75.5 Å². The van der Waals surface area contributed by atoms with Crippen molar-refractivity contribution in [2.45, 2.75) is 109 Å². The maximum atomic E-state index is 12.9. The van der Waals surface area contributed by atoms with Crippen LogP contribution in [0.3, 0.4) is 0 Å². The normalized spacial score (nSPS) is 19.2. The van der Waals surface area contributed by atoms with Crippen LogP contribution in [0.4, 0.5) is 11.6 Å². The number of rotatable bonds is 12. The van der Waals surface area contributed by atoms with Crippen molar-refractivity contribution in [1.82, 2.24) is 31.2 Å². The van der Waals surface area contributed by atoms with Crippen LogP contribution >= 0.6 is 0 Å². The molecule has 14 heteroatoms. The van der Waals surface area contributed by atoms with Crippen molar-refractivity contribution < 1.29 is 28.0 Å². The van der Waals surface area contributed by atoms with Crippen LogP contribution in [-0.2, 0) is 15.1 Å². The third-order valence-electron chi connectivity index (χ3n) is 13.2. The molecular formula is C47H60N8O6. The van der Waals surface area contributed by atoms with Gasteiger partial charge in [0.15, 0.2) is 17.5 Å². The molecule has 0 spiro atoms. The zero-order valence-corrected chi connectivity index (χ0v) is 35.9. The fourth-order valence-electron chi connectivity index (χ4n) is 9.21. The summed E-state index contributed by atoms with van der Waals surface area (Å²) in [7, 11) is 3.20. The minimum atomic E-state index is -0.550. The number of nitrogen functional groups attached to an aromatic ring is 1. The predicted octanol–water partition coefficient (Wildman–Crippen LogP) is 7.89. The van der Waals surface area contributed by atoms with Crippen LogP contribution in [0, 0.1) is 17.8 Å². The van der Waals surface area contributed by atoms with Crippen molar-refractivity contribution in [3.8, 4) is 22.6 Å². The summed E-state index contributed by atoms with van der Waals surface area (Å²) >= 11 is 0. The number of amides is 4. The quantitative estimate of drug-likeness (QED) is 0.0651. The van der Waals surface area contributed by atoms with Gasteiger partial charge in [-0.1, -0.05) is 70.9 Å². The van der Waals surface area contributed by atoms with Crippen LogP contribution in [0.5, 0.6) is 0 Å². The van der Waals surface area contributed by atoms with Gasteiger partial charge in [-0.25, -0.2) is 4.98 Å². The molecule has 324 valence electrons. The van der Waals surface area contributed by atoms with Crippen molar-refractivity contribution in [3.63, 3.8) is 0 Å². The number of fused-ring (bicyclic) bond motifs is 2. The third-order valence-corrected chi connectivity index (χ3v) is 13.2. The number of hydrogen-bond donors (Lipinski definition) is 7. The molecule has 0 saturated heterocycles. The second-order valence-electron chi connectivity index (χ2n) is 17.0. The van der Waals surface area contributed by atoms with E-state index < -0.39 is 12.1 Å². The van der Waals surface area contributed by atoms with E-state index in [1.807, 2.05) is 24.3 Å². The van der Waals surface area contributed by atoms with E-state index in [0.29, 0.717) is 23.4 Å². The number of imidazole rings is 1. The van der Waals surface area contributed by atoms with Gasteiger partial charge in [0.25, 0.3) is 11.8 Å². The van der Waals surface area contributed by atoms with Crippen LogP contribution in [0.25, 0.3) is 33.7 Å². The van der Waals surface area contributed by atoms with Gasteiger partial charge in [0.05, 0.1) is 16.6 Å². The summed E-state index contributed by atoms with van der Waals surface area (Å²) in [5.74, 6) is 1.76. The number of H-pyrrole nitrogens is 1. The van der Waals surface area contributed by atoms with Crippen LogP contribution in [0.15, 0.2) is 69.5 Å². The molecule has 0 bridgehead atoms. The highest BCUT2D eigenvalue weighted by Crippen LogP contribution is 2.48. The molecule has 4 atom stereocenters. The molecule has 3 aliphatic rings. The van der Waals surface area contributed by atoms with Crippen LogP contribution in [-0.4, -0.2) is 59.8 Å². The van der Waals surface area contributed by atoms with E-state index in [0.717, 1.165) is 85.6 Å². The number of benzene rings is 2. The number of carbonyl (C=O) groups excluding carboxylic acids is 4. The minimum absolute atomic E-state index is 0.00477. The van der Waals surface area contributed by atoms with Crippen molar-refractivity contribution in [3.05, 3.63) is 77.7 Å². The van der Waals surface area contributed by atoms with Gasteiger partial charge in [-0.15, -0.1) is 0 Å². The molecule has 4 amide bonds. The number of anilines is 2. The number of aromatic amines is 1. The molecule has 61 heavy (non-hydrogen) atoms. The van der Waals surface area contributed by atoms with Gasteiger partial charge in [-0.2, -0.15) is 0 Å². The van der Waals surface area contributed by atoms with Crippen LogP contribution in [0.2, 0.25) is 0 Å². The lowest BCUT2D eigenvalue weighted by molar-refractivity contribution is -0.124. The molecule has 8 N–H and O–H groups in total. The highest BCUT2D eigenvalue weighted by atomic mass is 16.4. The molecule has 8 rings (SSSR count). The van der Waals surface area contributed by atoms with Gasteiger partial charge in [0, 0.05) is 36.5 Å². The van der Waals surface area contributed by atoms with Crippen molar-refractivity contribution in [1.29, 1.82) is 0 Å². The van der Waals surface area contributed by atoms with Crippen molar-refractivity contribution in [2.75, 3.05) is 25.1 Å². The number of aromatic nitrogens is 2. The largest absolute Gasteiger partial charge is 0.451 e. The molecule has 0 radical (unpaired) electrons. The van der Waals surface area contributed by atoms with E-state index in [1.165, 1.54) is 18.4 Å². The second-order valence-corrected chi connectivity index (χ2v) is 17.0. The lowest BCUT2D eigenvalue weighted by Gasteiger charge is -2.47. The summed E-state index contributed by atoms with van der Waals surface area (Å²) in [6.07, 6.45) is 11.6. The fourth-order valence-corrected chi connectivity index (χ4v) is 9.21. The first-order chi connectivity index (χ1) is 29.4. The number of hydrogen-bond acceptors (Lipinski definition) is 9. The standard InChI is InChI=1S/C26H35N3O3.C21H25N5O3/c1-5-16(2)26(3)19-12-11-18(15-20(19)29-26)21-13-14-22(32-21)24(30)28-23(25(31)27-4)17-9-7-6-8-10-17;1-23-20(28)18(12-5-3-2-4-6-12)26-19(27)17-10-9-16(29-17)13-7-8-14-15(11-13)25-21(22)24-14/h11-17,23,29H,5-10H2,1-4H3,(H,27,31)(H,28,30);7-12,18H,2-6H2,1H3,(H,23,28)(H,26,27)(H3,22,24,25)/t16?,23-,26?;18-/m00/s1. The molecular weight excluding hydrogens is 773 g/mol. The average Bonchev–Trinajstić information content (AvgIpc) is 4.07. The molecule has 4 heterocycles. The average molecular weight is 833 g/mol. The van der Waals surface area contributed by atoms with Gasteiger partial charge < -0.3 is 46.1 Å². The monoisotopic (exact) mass is 832 g/mol. The van der Waals surface area contributed by atoms with Crippen molar-refractivity contribution >= 4 is 46.3 Å². The van der Waals surface area contributed by atoms with E-state index in [-0.39, 0.29) is 52.5 Å². The first-order valence-electron chi connectivity index (χ1n) is 21.9. The van der Waals surface area contributed by atoms with E-state index in [4.69, 9.17) is 14.6 Å². The number of carbonyl (C=O) groups is 4. The minimum Gasteiger partial charge on any atom is -0.451 e. The number of nitrogens with two attached hydrogens (primary N) is 1. The Morgan fingerprint density at radius 1 is 0.754 bits per heavy atom. The van der Waals surface area contributed by atoms with Gasteiger partial charge in [0.2, 0.25) is 11.8 Å². The smallest absolute Gasteiger partial charge is 0.287 e. The van der Waals surface area contributed by atoms with Gasteiger partial charge in [-0.3, -0.25) is 19.2 Å². The van der Waals surface area contributed by atoms with Gasteiger partial charge >= 0.3 is 0 Å². The topological polar surface area (TPSA) is 209 Å². The molecule has 2 saturated carbocycles. The van der Waals surface area contributed by atoms with E-state index in [1.54, 1.807) is 32.3 Å². The Labute approximate surface area is 357 Å². The zero-order valence-electron chi connectivity index (χ0n) is 35.9. The second kappa shape index (κ2) is 18.7.